The lowest BCUT2D eigenvalue weighted by Gasteiger charge is -2.21. The van der Waals surface area contributed by atoms with Crippen LogP contribution >= 0.6 is 23.2 Å². The molecule has 0 heterocycles. The Kier molecular flexibility index (Phi) is 7.33. The Balaban J connectivity index is 2.04. The van der Waals surface area contributed by atoms with Gasteiger partial charge in [-0.1, -0.05) is 35.3 Å². The highest BCUT2D eigenvalue weighted by Gasteiger charge is 2.24. The van der Waals surface area contributed by atoms with Gasteiger partial charge in [-0.3, -0.25) is 4.79 Å². The molecule has 6 nitrogen and oxygen atoms in total. The van der Waals surface area contributed by atoms with Crippen LogP contribution in [0.4, 0.5) is 5.69 Å². The van der Waals surface area contributed by atoms with Crippen LogP contribution in [0.3, 0.4) is 0 Å². The van der Waals surface area contributed by atoms with E-state index >= 15 is 0 Å². The van der Waals surface area contributed by atoms with E-state index in [1.807, 2.05) is 0 Å². The van der Waals surface area contributed by atoms with Crippen LogP contribution in [0, 0.1) is 0 Å². The molecule has 3 N–H and O–H groups in total. The molecule has 2 aromatic rings. The number of benzene rings is 2. The fraction of sp³-hybridized carbons (Fsp3) is 0.263. The normalized spacial score (nSPS) is 12.7. The molecular formula is C19H20Cl2N2O4. The molecule has 0 aliphatic rings. The van der Waals surface area contributed by atoms with Gasteiger partial charge in [-0.05, 0) is 42.8 Å². The molecule has 2 aromatic carbocycles. The van der Waals surface area contributed by atoms with E-state index in [9.17, 15) is 14.7 Å². The van der Waals surface area contributed by atoms with Gasteiger partial charge >= 0.3 is 5.97 Å². The fourth-order valence-electron chi connectivity index (χ4n) is 2.40. The van der Waals surface area contributed by atoms with Crippen molar-refractivity contribution < 1.29 is 19.4 Å². The van der Waals surface area contributed by atoms with Crippen LogP contribution in [0.15, 0.2) is 42.5 Å². The van der Waals surface area contributed by atoms with Crippen LogP contribution in [0.2, 0.25) is 10.0 Å². The zero-order valence-electron chi connectivity index (χ0n) is 14.8. The van der Waals surface area contributed by atoms with E-state index in [2.05, 4.69) is 10.6 Å². The number of aromatic hydroxyl groups is 1. The molecule has 0 aliphatic carbocycles. The predicted octanol–water partition coefficient (Wildman–Crippen LogP) is 3.40. The highest BCUT2D eigenvalue weighted by molar-refractivity contribution is 6.42. The van der Waals surface area contributed by atoms with E-state index in [4.69, 9.17) is 27.9 Å². The second-order valence-electron chi connectivity index (χ2n) is 5.95. The van der Waals surface area contributed by atoms with Gasteiger partial charge in [0.15, 0.2) is 0 Å². The summed E-state index contributed by atoms with van der Waals surface area (Å²) in [6.07, 6.45) is 0.234. The Labute approximate surface area is 167 Å². The number of halogens is 2. The maximum Gasteiger partial charge on any atom is 0.328 e. The van der Waals surface area contributed by atoms with Crippen molar-refractivity contribution in [3.63, 3.8) is 0 Å². The predicted molar refractivity (Wildman–Crippen MR) is 105 cm³/mol. The number of rotatable bonds is 7. The summed E-state index contributed by atoms with van der Waals surface area (Å²) in [6.45, 7) is 1.66. The summed E-state index contributed by atoms with van der Waals surface area (Å²) in [7, 11) is 1.26. The lowest BCUT2D eigenvalue weighted by Crippen LogP contribution is -2.48. The average molecular weight is 411 g/mol. The number of esters is 1. The van der Waals surface area contributed by atoms with Crippen molar-refractivity contribution in [1.29, 1.82) is 0 Å². The summed E-state index contributed by atoms with van der Waals surface area (Å²) in [5, 5.41) is 15.8. The van der Waals surface area contributed by atoms with Crippen LogP contribution in [-0.2, 0) is 20.7 Å². The van der Waals surface area contributed by atoms with Gasteiger partial charge < -0.3 is 20.5 Å². The monoisotopic (exact) mass is 410 g/mol. The van der Waals surface area contributed by atoms with Crippen LogP contribution in [0.1, 0.15) is 12.5 Å². The summed E-state index contributed by atoms with van der Waals surface area (Å²) in [5.41, 5.74) is 1.40. The number of ether oxygens (including phenoxy) is 1. The number of phenolic OH excluding ortho intramolecular Hbond substituents is 1. The van der Waals surface area contributed by atoms with Crippen LogP contribution < -0.4 is 10.6 Å². The van der Waals surface area contributed by atoms with Gasteiger partial charge in [0.05, 0.1) is 17.2 Å². The fourth-order valence-corrected chi connectivity index (χ4v) is 2.70. The molecule has 1 amide bonds. The topological polar surface area (TPSA) is 87.7 Å². The zero-order chi connectivity index (χ0) is 20.0. The molecule has 144 valence electrons. The van der Waals surface area contributed by atoms with Crippen molar-refractivity contribution in [3.05, 3.63) is 58.1 Å². The number of nitrogens with one attached hydrogen (secondary N) is 2. The first-order valence-electron chi connectivity index (χ1n) is 8.18. The number of anilines is 1. The summed E-state index contributed by atoms with van der Waals surface area (Å²) in [5.74, 6) is -0.815. The number of carbonyl (C=O) groups is 2. The van der Waals surface area contributed by atoms with Crippen LogP contribution in [0.5, 0.6) is 5.75 Å². The molecular weight excluding hydrogens is 391 g/mol. The Bertz CT molecular complexity index is 812. The maximum atomic E-state index is 12.5. The highest BCUT2D eigenvalue weighted by Crippen LogP contribution is 2.25. The molecule has 0 aliphatic heterocycles. The molecule has 0 bridgehead atoms. The standard InChI is InChI=1S/C19H20Cl2N2O4/c1-11(22-13-5-8-15(20)16(21)10-13)18(25)23-17(19(26)27-2)9-12-3-6-14(24)7-4-12/h3-8,10-11,17,22,24H,9H2,1-2H3,(H,23,25)/t11-,17-/m0/s1. The minimum Gasteiger partial charge on any atom is -0.508 e. The number of amides is 1. The SMILES string of the molecule is COC(=O)[C@H](Cc1ccc(O)cc1)NC(=O)[C@H](C)Nc1ccc(Cl)c(Cl)c1. The van der Waals surface area contributed by atoms with E-state index in [-0.39, 0.29) is 18.1 Å². The second kappa shape index (κ2) is 9.48. The molecule has 0 saturated heterocycles. The zero-order valence-corrected chi connectivity index (χ0v) is 16.3. The number of phenols is 1. The Hall–Kier alpha value is -2.44. The second-order valence-corrected chi connectivity index (χ2v) is 6.76. The minimum atomic E-state index is -0.856. The molecule has 0 saturated carbocycles. The van der Waals surface area contributed by atoms with Crippen molar-refractivity contribution in [2.45, 2.75) is 25.4 Å². The smallest absolute Gasteiger partial charge is 0.328 e. The van der Waals surface area contributed by atoms with Crippen molar-refractivity contribution in [3.8, 4) is 5.75 Å². The Morgan fingerprint density at radius 2 is 1.78 bits per heavy atom. The third-order valence-electron chi connectivity index (χ3n) is 3.87. The number of carbonyl (C=O) groups excluding carboxylic acids is 2. The first-order valence-corrected chi connectivity index (χ1v) is 8.93. The number of hydrogen-bond donors (Lipinski definition) is 3. The first-order chi connectivity index (χ1) is 12.8. The Morgan fingerprint density at radius 1 is 1.11 bits per heavy atom. The van der Waals surface area contributed by atoms with Crippen molar-refractivity contribution in [2.24, 2.45) is 0 Å². The molecule has 0 spiro atoms. The Morgan fingerprint density at radius 3 is 2.37 bits per heavy atom. The molecule has 2 atom stereocenters. The summed E-state index contributed by atoms with van der Waals surface area (Å²) >= 11 is 11.9. The maximum absolute atomic E-state index is 12.5. The van der Waals surface area contributed by atoms with Crippen molar-refractivity contribution >= 4 is 40.8 Å². The van der Waals surface area contributed by atoms with Crippen molar-refractivity contribution in [2.75, 3.05) is 12.4 Å². The minimum absolute atomic E-state index is 0.122. The van der Waals surface area contributed by atoms with Crippen LogP contribution in [-0.4, -0.2) is 36.2 Å². The van der Waals surface area contributed by atoms with Gasteiger partial charge in [-0.25, -0.2) is 4.79 Å². The van der Waals surface area contributed by atoms with E-state index in [0.29, 0.717) is 15.7 Å². The highest BCUT2D eigenvalue weighted by atomic mass is 35.5. The summed E-state index contributed by atoms with van der Waals surface area (Å²) in [4.78, 5) is 24.5. The van der Waals surface area contributed by atoms with E-state index in [1.54, 1.807) is 37.3 Å². The van der Waals surface area contributed by atoms with Gasteiger partial charge in [-0.15, -0.1) is 0 Å². The van der Waals surface area contributed by atoms with Crippen molar-refractivity contribution in [1.82, 2.24) is 5.32 Å². The molecule has 27 heavy (non-hydrogen) atoms. The third-order valence-corrected chi connectivity index (χ3v) is 4.61. The third kappa shape index (κ3) is 6.05. The quantitative estimate of drug-likeness (QED) is 0.608. The number of hydrogen-bond acceptors (Lipinski definition) is 5. The molecule has 2 rings (SSSR count). The lowest BCUT2D eigenvalue weighted by molar-refractivity contribution is -0.145. The van der Waals surface area contributed by atoms with Gasteiger partial charge in [0.2, 0.25) is 5.91 Å². The van der Waals surface area contributed by atoms with E-state index < -0.39 is 18.1 Å². The van der Waals surface area contributed by atoms with Crippen LogP contribution in [0.25, 0.3) is 0 Å². The average Bonchev–Trinajstić information content (AvgIpc) is 2.65. The molecule has 0 unspecified atom stereocenters. The number of methoxy groups -OCH3 is 1. The van der Waals surface area contributed by atoms with Gasteiger partial charge in [-0.2, -0.15) is 0 Å². The molecule has 0 aromatic heterocycles. The first kappa shape index (κ1) is 20.9. The molecule has 0 fully saturated rings. The van der Waals surface area contributed by atoms with E-state index in [1.165, 1.54) is 19.2 Å². The lowest BCUT2D eigenvalue weighted by atomic mass is 10.1. The van der Waals surface area contributed by atoms with Gasteiger partial charge in [0.1, 0.15) is 17.8 Å². The molecule has 0 radical (unpaired) electrons. The van der Waals surface area contributed by atoms with Gasteiger partial charge in [0, 0.05) is 12.1 Å². The largest absolute Gasteiger partial charge is 0.508 e. The van der Waals surface area contributed by atoms with Gasteiger partial charge in [0.25, 0.3) is 0 Å². The summed E-state index contributed by atoms with van der Waals surface area (Å²) < 4.78 is 4.78. The molecule has 8 heteroatoms. The summed E-state index contributed by atoms with van der Waals surface area (Å²) in [6, 6.07) is 9.83. The van der Waals surface area contributed by atoms with E-state index in [0.717, 1.165) is 5.56 Å².